The molecule has 5 rings (SSSR count). The minimum atomic E-state index is -1.26. The Kier molecular flexibility index (Phi) is 19.9. The molecule has 0 radical (unpaired) electrons. The molecule has 0 amide bonds. The minimum absolute atomic E-state index is 0.0948. The van der Waals surface area contributed by atoms with E-state index in [2.05, 4.69) is 0 Å². The van der Waals surface area contributed by atoms with Crippen molar-refractivity contribution >= 4 is 47.6 Å². The summed E-state index contributed by atoms with van der Waals surface area (Å²) >= 11 is 0. The molecular formula is C45H52O17. The predicted molar refractivity (Wildman–Crippen MR) is 216 cm³/mol. The molecular weight excluding hydrogens is 812 g/mol. The molecule has 334 valence electrons. The summed E-state index contributed by atoms with van der Waals surface area (Å²) < 4.78 is 47.3. The van der Waals surface area contributed by atoms with E-state index in [0.29, 0.717) is 17.5 Å². The number of Topliss-reactive ketones (excluding diaryl/α,β-unsaturated/α-hetero) is 1. The van der Waals surface area contributed by atoms with Crippen LogP contribution in [-0.4, -0.2) is 103 Å². The second-order valence-electron chi connectivity index (χ2n) is 14.0. The van der Waals surface area contributed by atoms with Crippen molar-refractivity contribution in [1.82, 2.24) is 0 Å². The summed E-state index contributed by atoms with van der Waals surface area (Å²) in [4.78, 5) is 92.4. The average Bonchev–Trinajstić information content (AvgIpc) is 3.71. The Morgan fingerprint density at radius 2 is 0.823 bits per heavy atom. The Morgan fingerprint density at radius 1 is 0.468 bits per heavy atom. The molecule has 2 saturated heterocycles. The molecule has 0 N–H and O–H groups in total. The Balaban J connectivity index is 0.000000273. The summed E-state index contributed by atoms with van der Waals surface area (Å²) in [6.07, 6.45) is -7.72. The highest BCUT2D eigenvalue weighted by Gasteiger charge is 2.52. The monoisotopic (exact) mass is 864 g/mol. The van der Waals surface area contributed by atoms with Crippen LogP contribution in [0.5, 0.6) is 0 Å². The van der Waals surface area contributed by atoms with Crippen LogP contribution < -0.4 is 0 Å². The van der Waals surface area contributed by atoms with Crippen molar-refractivity contribution < 1.29 is 81.0 Å². The second-order valence-corrected chi connectivity index (χ2v) is 14.0. The number of carbonyl (C=O) groups is 8. The highest BCUT2D eigenvalue weighted by atomic mass is 16.8. The number of hydrogen-bond donors (Lipinski definition) is 0. The first-order valence-electron chi connectivity index (χ1n) is 19.7. The summed E-state index contributed by atoms with van der Waals surface area (Å²) in [7, 11) is 0. The summed E-state index contributed by atoms with van der Waals surface area (Å²) in [6, 6.07) is 26.2. The van der Waals surface area contributed by atoms with E-state index >= 15 is 0 Å². The lowest BCUT2D eigenvalue weighted by atomic mass is 10.0. The van der Waals surface area contributed by atoms with Crippen LogP contribution in [0.3, 0.4) is 0 Å². The fourth-order valence-electron chi connectivity index (χ4n) is 5.95. The second kappa shape index (κ2) is 24.7. The molecule has 2 fully saturated rings. The van der Waals surface area contributed by atoms with Crippen LogP contribution in [0.25, 0.3) is 0 Å². The van der Waals surface area contributed by atoms with Crippen LogP contribution in [0.4, 0.5) is 0 Å². The molecule has 0 saturated carbocycles. The maximum atomic E-state index is 12.6. The largest absolute Gasteiger partial charge is 0.463 e. The SMILES string of the molecule is CC(=O)OC[C@H]1O[C@@H](OC(C)=O)C(OC(C)=O)[C@H]1OC(C)=O.CC(C)C(=O)c1ccccc1.CC[C@H]1O[C@@H](OC(C)=O)C(OC(=O)c2ccccc2)[C@H]1OC(=O)c1ccccc1. The van der Waals surface area contributed by atoms with Gasteiger partial charge in [0.05, 0.1) is 11.1 Å². The maximum Gasteiger partial charge on any atom is 0.338 e. The van der Waals surface area contributed by atoms with Crippen LogP contribution in [0.15, 0.2) is 91.0 Å². The summed E-state index contributed by atoms with van der Waals surface area (Å²) in [5.41, 5.74) is 1.48. The molecule has 62 heavy (non-hydrogen) atoms. The first kappa shape index (κ1) is 49.9. The molecule has 2 heterocycles. The molecule has 3 aromatic rings. The van der Waals surface area contributed by atoms with E-state index in [1.165, 1.54) is 13.8 Å². The van der Waals surface area contributed by atoms with Crippen molar-refractivity contribution in [2.24, 2.45) is 5.92 Å². The highest BCUT2D eigenvalue weighted by Crippen LogP contribution is 2.31. The first-order chi connectivity index (χ1) is 29.4. The molecule has 0 bridgehead atoms. The third-order valence-electron chi connectivity index (χ3n) is 8.64. The molecule has 0 aliphatic carbocycles. The van der Waals surface area contributed by atoms with Crippen molar-refractivity contribution in [2.75, 3.05) is 6.61 Å². The van der Waals surface area contributed by atoms with Gasteiger partial charge in [-0.2, -0.15) is 0 Å². The van der Waals surface area contributed by atoms with E-state index < -0.39 is 91.0 Å². The number of carbonyl (C=O) groups excluding carboxylic acids is 8. The summed E-state index contributed by atoms with van der Waals surface area (Å²) in [5, 5.41) is 0. The van der Waals surface area contributed by atoms with Crippen LogP contribution in [-0.2, 0) is 66.6 Å². The maximum absolute atomic E-state index is 12.6. The molecule has 2 aliphatic rings. The van der Waals surface area contributed by atoms with Gasteiger partial charge in [-0.25, -0.2) is 9.59 Å². The fourth-order valence-corrected chi connectivity index (χ4v) is 5.95. The number of rotatable bonds is 13. The van der Waals surface area contributed by atoms with E-state index in [0.717, 1.165) is 26.3 Å². The van der Waals surface area contributed by atoms with Crippen LogP contribution in [0.1, 0.15) is 92.9 Å². The normalized spacial score (nSPS) is 22.2. The minimum Gasteiger partial charge on any atom is -0.463 e. The number of ether oxygens (including phenoxy) is 9. The summed E-state index contributed by atoms with van der Waals surface area (Å²) in [6.45, 7) is 11.3. The molecule has 2 aliphatic heterocycles. The van der Waals surface area contributed by atoms with E-state index in [1.807, 2.05) is 51.1 Å². The van der Waals surface area contributed by atoms with E-state index in [4.69, 9.17) is 42.6 Å². The summed E-state index contributed by atoms with van der Waals surface area (Å²) in [5.74, 6) is -4.06. The average molecular weight is 865 g/mol. The molecule has 0 aromatic heterocycles. The van der Waals surface area contributed by atoms with Gasteiger partial charge in [-0.1, -0.05) is 87.5 Å². The molecule has 2 unspecified atom stereocenters. The van der Waals surface area contributed by atoms with Gasteiger partial charge in [0.2, 0.25) is 24.8 Å². The fraction of sp³-hybridized carbons (Fsp3) is 0.422. The Labute approximate surface area is 359 Å². The molecule has 17 nitrogen and oxygen atoms in total. The van der Waals surface area contributed by atoms with Crippen molar-refractivity contribution in [1.29, 1.82) is 0 Å². The van der Waals surface area contributed by atoms with Crippen LogP contribution in [0, 0.1) is 5.92 Å². The van der Waals surface area contributed by atoms with Gasteiger partial charge >= 0.3 is 41.8 Å². The van der Waals surface area contributed by atoms with Gasteiger partial charge in [-0.15, -0.1) is 0 Å². The quantitative estimate of drug-likeness (QED) is 0.120. The van der Waals surface area contributed by atoms with Crippen molar-refractivity contribution in [2.45, 2.75) is 111 Å². The third kappa shape index (κ3) is 15.9. The van der Waals surface area contributed by atoms with E-state index in [-0.39, 0.29) is 18.3 Å². The number of esters is 7. The molecule has 8 atom stereocenters. The van der Waals surface area contributed by atoms with Gasteiger partial charge in [-0.3, -0.25) is 28.8 Å². The lowest BCUT2D eigenvalue weighted by Crippen LogP contribution is -2.42. The zero-order valence-electron chi connectivity index (χ0n) is 35.7. The number of ketones is 1. The molecule has 17 heteroatoms. The first-order valence-corrected chi connectivity index (χ1v) is 19.7. The Hall–Kier alpha value is -6.46. The molecule has 3 aromatic carbocycles. The predicted octanol–water partition coefficient (Wildman–Crippen LogP) is 5.36. The van der Waals surface area contributed by atoms with Gasteiger partial charge in [0.25, 0.3) is 0 Å². The third-order valence-corrected chi connectivity index (χ3v) is 8.64. The zero-order valence-corrected chi connectivity index (χ0v) is 35.7. The zero-order chi connectivity index (χ0) is 45.9. The lowest BCUT2D eigenvalue weighted by molar-refractivity contribution is -0.197. The lowest BCUT2D eigenvalue weighted by Gasteiger charge is -2.23. The van der Waals surface area contributed by atoms with Gasteiger partial charge in [-0.05, 0) is 30.7 Å². The van der Waals surface area contributed by atoms with Gasteiger partial charge in [0.1, 0.15) is 18.8 Å². The van der Waals surface area contributed by atoms with Crippen molar-refractivity contribution in [3.8, 4) is 0 Å². The van der Waals surface area contributed by atoms with Crippen molar-refractivity contribution in [3.05, 3.63) is 108 Å². The van der Waals surface area contributed by atoms with Crippen LogP contribution >= 0.6 is 0 Å². The Bertz CT molecular complexity index is 1970. The number of benzene rings is 3. The number of hydrogen-bond acceptors (Lipinski definition) is 17. The standard InChI is InChI=1S/C22H22O7.C13H18O9.C10H12O/c1-3-17-18(28-20(24)15-10-6-4-7-11-15)19(22(27-17)26-14(2)23)29-21(25)16-12-8-5-9-13-16;1-6(14)18-5-10-11(19-7(2)15)12(20-8(3)16)13(22-10)21-9(4)17;1-8(2)10(11)9-6-4-3-5-7-9/h4-13,17-19,22H,3H2,1-2H3;10-13H,5H2,1-4H3;3-8H,1-2H3/t17-,18+,19?,22-;10-,11+,12?,13-;/m11./s1. The van der Waals surface area contributed by atoms with Crippen molar-refractivity contribution in [3.63, 3.8) is 0 Å². The van der Waals surface area contributed by atoms with E-state index in [9.17, 15) is 38.4 Å². The van der Waals surface area contributed by atoms with E-state index in [1.54, 1.807) is 60.7 Å². The van der Waals surface area contributed by atoms with Gasteiger partial charge in [0.15, 0.2) is 18.0 Å². The molecule has 0 spiro atoms. The van der Waals surface area contributed by atoms with Gasteiger partial charge < -0.3 is 42.6 Å². The smallest absolute Gasteiger partial charge is 0.338 e. The van der Waals surface area contributed by atoms with Gasteiger partial charge in [0, 0.05) is 46.1 Å². The Morgan fingerprint density at radius 3 is 1.21 bits per heavy atom. The topological polar surface area (TPSA) is 220 Å². The highest BCUT2D eigenvalue weighted by molar-refractivity contribution is 5.97. The van der Waals surface area contributed by atoms with Crippen LogP contribution in [0.2, 0.25) is 0 Å².